The highest BCUT2D eigenvalue weighted by atomic mass is 19.3. The first-order valence-electron chi connectivity index (χ1n) is 8.17. The van der Waals surface area contributed by atoms with E-state index in [0.717, 1.165) is 0 Å². The van der Waals surface area contributed by atoms with E-state index in [4.69, 9.17) is 4.74 Å². The topological polar surface area (TPSA) is 75.7 Å². The fraction of sp³-hybridized carbons (Fsp3) is 0.812. The molecule has 3 aliphatic rings. The Morgan fingerprint density at radius 2 is 1.88 bits per heavy atom. The van der Waals surface area contributed by atoms with E-state index in [1.807, 2.05) is 13.8 Å². The Hall–Kier alpha value is -1.73. The number of nitrogens with one attached hydrogen (secondary N) is 1. The molecule has 0 radical (unpaired) electrons. The number of likely N-dealkylation sites (tertiary alicyclic amines) is 1. The summed E-state index contributed by atoms with van der Waals surface area (Å²) in [6, 6.07) is -1.69. The lowest BCUT2D eigenvalue weighted by Gasteiger charge is -2.32. The van der Waals surface area contributed by atoms with Crippen molar-refractivity contribution in [3.63, 3.8) is 0 Å². The number of ether oxygens (including phenoxy) is 1. The zero-order chi connectivity index (χ0) is 17.8. The number of carbonyl (C=O) groups is 3. The second-order valence-corrected chi connectivity index (χ2v) is 7.54. The lowest BCUT2D eigenvalue weighted by Crippen LogP contribution is -2.55. The third kappa shape index (κ3) is 2.65. The molecule has 134 valence electrons. The Morgan fingerprint density at radius 3 is 2.38 bits per heavy atom. The lowest BCUT2D eigenvalue weighted by atomic mass is 9.99. The Labute approximate surface area is 138 Å². The quantitative estimate of drug-likeness (QED) is 0.749. The fourth-order valence-electron chi connectivity index (χ4n) is 4.11. The van der Waals surface area contributed by atoms with E-state index in [1.54, 1.807) is 0 Å². The molecule has 8 heteroatoms. The van der Waals surface area contributed by atoms with Gasteiger partial charge in [0, 0.05) is 12.5 Å². The average molecular weight is 344 g/mol. The van der Waals surface area contributed by atoms with Crippen LogP contribution in [0, 0.1) is 23.2 Å². The van der Waals surface area contributed by atoms with E-state index >= 15 is 0 Å². The van der Waals surface area contributed by atoms with Gasteiger partial charge < -0.3 is 15.0 Å². The summed E-state index contributed by atoms with van der Waals surface area (Å²) in [6.07, 6.45) is -1.76. The van der Waals surface area contributed by atoms with Gasteiger partial charge in [0.15, 0.2) is 0 Å². The minimum Gasteiger partial charge on any atom is -0.467 e. The number of nitrogens with zero attached hydrogens (tertiary/aromatic N) is 1. The molecule has 3 rings (SSSR count). The fourth-order valence-corrected chi connectivity index (χ4v) is 4.11. The smallest absolute Gasteiger partial charge is 0.328 e. The van der Waals surface area contributed by atoms with Crippen molar-refractivity contribution in [2.45, 2.75) is 45.2 Å². The molecule has 2 aliphatic carbocycles. The predicted octanol–water partition coefficient (Wildman–Crippen LogP) is 0.802. The van der Waals surface area contributed by atoms with Crippen molar-refractivity contribution in [1.82, 2.24) is 10.2 Å². The second-order valence-electron chi connectivity index (χ2n) is 7.54. The van der Waals surface area contributed by atoms with Crippen LogP contribution in [-0.2, 0) is 19.1 Å². The molecular formula is C16H22F2N2O4. The number of amides is 2. The Morgan fingerprint density at radius 1 is 1.25 bits per heavy atom. The Bertz CT molecular complexity index is 576. The van der Waals surface area contributed by atoms with E-state index < -0.39 is 36.3 Å². The average Bonchev–Trinajstić information content (AvgIpc) is 3.39. The van der Waals surface area contributed by atoms with Crippen molar-refractivity contribution in [3.05, 3.63) is 0 Å². The van der Waals surface area contributed by atoms with Crippen molar-refractivity contribution < 1.29 is 27.9 Å². The van der Waals surface area contributed by atoms with Crippen LogP contribution in [0.1, 0.15) is 26.7 Å². The zero-order valence-electron chi connectivity index (χ0n) is 13.9. The predicted molar refractivity (Wildman–Crippen MR) is 78.9 cm³/mol. The largest absolute Gasteiger partial charge is 0.467 e. The number of hydrogen-bond donors (Lipinski definition) is 1. The number of esters is 1. The van der Waals surface area contributed by atoms with Gasteiger partial charge >= 0.3 is 12.4 Å². The maximum Gasteiger partial charge on any atom is 0.328 e. The number of halogens is 2. The molecule has 0 aromatic carbocycles. The molecule has 24 heavy (non-hydrogen) atoms. The third-order valence-electron chi connectivity index (χ3n) is 5.79. The molecule has 0 unspecified atom stereocenters. The van der Waals surface area contributed by atoms with Crippen LogP contribution in [0.4, 0.5) is 8.78 Å². The molecular weight excluding hydrogens is 322 g/mol. The lowest BCUT2D eigenvalue weighted by molar-refractivity contribution is -0.154. The molecule has 1 aliphatic heterocycles. The van der Waals surface area contributed by atoms with Crippen molar-refractivity contribution in [2.24, 2.45) is 23.2 Å². The monoisotopic (exact) mass is 344 g/mol. The SMILES string of the molecule is COC(=O)[C@@H]1[C@@H]2[C@H](CN1C(=O)[C@@H](NC(=O)C(F)F)C1CC1)C2(C)C. The van der Waals surface area contributed by atoms with Gasteiger partial charge in [-0.3, -0.25) is 9.59 Å². The summed E-state index contributed by atoms with van der Waals surface area (Å²) in [6.45, 7) is 4.47. The van der Waals surface area contributed by atoms with Crippen LogP contribution in [0.25, 0.3) is 0 Å². The molecule has 2 saturated carbocycles. The van der Waals surface area contributed by atoms with Gasteiger partial charge in [0.1, 0.15) is 12.1 Å². The molecule has 4 atom stereocenters. The summed E-state index contributed by atoms with van der Waals surface area (Å²) in [4.78, 5) is 37.8. The summed E-state index contributed by atoms with van der Waals surface area (Å²) in [7, 11) is 1.27. The summed E-state index contributed by atoms with van der Waals surface area (Å²) in [5, 5.41) is 2.15. The molecule has 3 fully saturated rings. The van der Waals surface area contributed by atoms with Gasteiger partial charge in [-0.15, -0.1) is 0 Å². The van der Waals surface area contributed by atoms with Crippen LogP contribution < -0.4 is 5.32 Å². The summed E-state index contributed by atoms with van der Waals surface area (Å²) in [5.74, 6) is -2.32. The van der Waals surface area contributed by atoms with E-state index in [2.05, 4.69) is 5.32 Å². The minimum atomic E-state index is -3.17. The molecule has 1 N–H and O–H groups in total. The third-order valence-corrected chi connectivity index (χ3v) is 5.79. The highest BCUT2D eigenvalue weighted by Crippen LogP contribution is 2.65. The standard InChI is InChI=1S/C16H22F2N2O4/c1-16(2)8-6-20(11(9(8)16)15(23)24-3)14(22)10(7-4-5-7)19-13(21)12(17)18/h7-12H,4-6H2,1-3H3,(H,19,21)/t8-,9-,10-,11-/m0/s1. The molecule has 2 amide bonds. The molecule has 1 saturated heterocycles. The molecule has 1 heterocycles. The van der Waals surface area contributed by atoms with E-state index in [-0.39, 0.29) is 23.2 Å². The van der Waals surface area contributed by atoms with Crippen molar-refractivity contribution in [2.75, 3.05) is 13.7 Å². The Kier molecular flexibility index (Phi) is 4.04. The number of carbonyl (C=O) groups excluding carboxylic acids is 3. The summed E-state index contributed by atoms with van der Waals surface area (Å²) in [5.41, 5.74) is -0.0447. The number of piperidine rings is 1. The normalized spacial score (nSPS) is 31.4. The summed E-state index contributed by atoms with van der Waals surface area (Å²) >= 11 is 0. The maximum absolute atomic E-state index is 12.9. The molecule has 0 spiro atoms. The second kappa shape index (κ2) is 5.67. The highest BCUT2D eigenvalue weighted by molar-refractivity contribution is 5.93. The first-order chi connectivity index (χ1) is 11.2. The van der Waals surface area contributed by atoms with Crippen LogP contribution in [0.2, 0.25) is 0 Å². The van der Waals surface area contributed by atoms with Crippen LogP contribution in [0.15, 0.2) is 0 Å². The van der Waals surface area contributed by atoms with E-state index in [1.165, 1.54) is 12.0 Å². The van der Waals surface area contributed by atoms with Gasteiger partial charge in [-0.1, -0.05) is 13.8 Å². The zero-order valence-corrected chi connectivity index (χ0v) is 13.9. The highest BCUT2D eigenvalue weighted by Gasteiger charge is 2.70. The summed E-state index contributed by atoms with van der Waals surface area (Å²) < 4.78 is 29.9. The van der Waals surface area contributed by atoms with Crippen molar-refractivity contribution >= 4 is 17.8 Å². The minimum absolute atomic E-state index is 0.0135. The van der Waals surface area contributed by atoms with Crippen LogP contribution in [0.3, 0.4) is 0 Å². The van der Waals surface area contributed by atoms with Crippen LogP contribution >= 0.6 is 0 Å². The maximum atomic E-state index is 12.9. The molecule has 0 bridgehead atoms. The van der Waals surface area contributed by atoms with Gasteiger partial charge in [-0.2, -0.15) is 8.78 Å². The van der Waals surface area contributed by atoms with Gasteiger partial charge in [0.05, 0.1) is 7.11 Å². The molecule has 0 aromatic rings. The van der Waals surface area contributed by atoms with Crippen molar-refractivity contribution in [1.29, 1.82) is 0 Å². The van der Waals surface area contributed by atoms with E-state index in [0.29, 0.717) is 19.4 Å². The van der Waals surface area contributed by atoms with Gasteiger partial charge in [0.2, 0.25) is 5.91 Å². The number of rotatable bonds is 5. The van der Waals surface area contributed by atoms with Crippen LogP contribution in [-0.4, -0.2) is 54.8 Å². The van der Waals surface area contributed by atoms with Gasteiger partial charge in [0.25, 0.3) is 5.91 Å². The van der Waals surface area contributed by atoms with Gasteiger partial charge in [-0.25, -0.2) is 4.79 Å². The Balaban J connectivity index is 1.77. The molecule has 6 nitrogen and oxygen atoms in total. The van der Waals surface area contributed by atoms with Crippen LogP contribution in [0.5, 0.6) is 0 Å². The number of hydrogen-bond acceptors (Lipinski definition) is 4. The number of fused-ring (bicyclic) bond motifs is 1. The first kappa shape index (κ1) is 17.1. The number of alkyl halides is 2. The first-order valence-corrected chi connectivity index (χ1v) is 8.17. The van der Waals surface area contributed by atoms with Gasteiger partial charge in [-0.05, 0) is 30.1 Å². The number of methoxy groups -OCH3 is 1. The molecule has 0 aromatic heterocycles. The van der Waals surface area contributed by atoms with E-state index in [9.17, 15) is 23.2 Å². The van der Waals surface area contributed by atoms with Crippen molar-refractivity contribution in [3.8, 4) is 0 Å².